The van der Waals surface area contributed by atoms with Gasteiger partial charge in [0.05, 0.1) is 5.92 Å². The molecular weight excluding hydrogens is 266 g/mol. The number of ether oxygens (including phenoxy) is 1. The van der Waals surface area contributed by atoms with Crippen LogP contribution in [-0.4, -0.2) is 30.3 Å². The lowest BCUT2D eigenvalue weighted by atomic mass is 9.84. The Kier molecular flexibility index (Phi) is 4.15. The maximum absolute atomic E-state index is 11.4. The summed E-state index contributed by atoms with van der Waals surface area (Å²) in [5.74, 6) is 0.973. The van der Waals surface area contributed by atoms with Crippen LogP contribution >= 0.6 is 0 Å². The van der Waals surface area contributed by atoms with Crippen molar-refractivity contribution in [1.29, 1.82) is 0 Å². The topological polar surface area (TPSA) is 58.6 Å². The van der Waals surface area contributed by atoms with Crippen molar-refractivity contribution in [1.82, 2.24) is 5.32 Å². The molecule has 0 spiro atoms. The number of carboxylic acids is 1. The third kappa shape index (κ3) is 2.91. The molecule has 2 bridgehead atoms. The van der Waals surface area contributed by atoms with E-state index in [-0.39, 0.29) is 12.0 Å². The molecule has 0 radical (unpaired) electrons. The van der Waals surface area contributed by atoms with Crippen molar-refractivity contribution >= 4 is 5.97 Å². The Morgan fingerprint density at radius 1 is 1.33 bits per heavy atom. The first-order valence-electron chi connectivity index (χ1n) is 7.81. The van der Waals surface area contributed by atoms with Gasteiger partial charge in [0, 0.05) is 12.6 Å². The Morgan fingerprint density at radius 3 is 2.86 bits per heavy atom. The number of carboxylic acid groups (broad SMARTS) is 1. The standard InChI is InChI=1S/C17H23NO3/c1-11-4-2-3-5-14(11)21-9-8-18-16-13-7-6-12(10-13)15(16)17(19)20/h2-5,12-13,15-16,18H,6-10H2,1H3,(H,19,20). The van der Waals surface area contributed by atoms with E-state index in [4.69, 9.17) is 4.74 Å². The van der Waals surface area contributed by atoms with Crippen LogP contribution in [-0.2, 0) is 4.79 Å². The zero-order valence-electron chi connectivity index (χ0n) is 12.4. The van der Waals surface area contributed by atoms with Gasteiger partial charge in [0.15, 0.2) is 0 Å². The van der Waals surface area contributed by atoms with E-state index in [1.54, 1.807) is 0 Å². The maximum atomic E-state index is 11.4. The summed E-state index contributed by atoms with van der Waals surface area (Å²) in [4.78, 5) is 11.4. The Morgan fingerprint density at radius 2 is 2.10 bits per heavy atom. The van der Waals surface area contributed by atoms with Crippen molar-refractivity contribution < 1.29 is 14.6 Å². The molecule has 0 aliphatic heterocycles. The summed E-state index contributed by atoms with van der Waals surface area (Å²) in [5.41, 5.74) is 1.13. The number of nitrogens with one attached hydrogen (secondary N) is 1. The van der Waals surface area contributed by atoms with Crippen LogP contribution in [0.4, 0.5) is 0 Å². The SMILES string of the molecule is Cc1ccccc1OCCNC1C2CCC(C2)C1C(=O)O. The predicted octanol–water partition coefficient (Wildman–Crippen LogP) is 2.46. The maximum Gasteiger partial charge on any atom is 0.308 e. The van der Waals surface area contributed by atoms with Gasteiger partial charge in [0.25, 0.3) is 0 Å². The summed E-state index contributed by atoms with van der Waals surface area (Å²) in [5, 5.41) is 12.8. The third-order valence-corrected chi connectivity index (χ3v) is 5.03. The first kappa shape index (κ1) is 14.4. The highest BCUT2D eigenvalue weighted by molar-refractivity contribution is 5.72. The fourth-order valence-corrected chi connectivity index (χ4v) is 4.05. The van der Waals surface area contributed by atoms with E-state index in [0.29, 0.717) is 25.0 Å². The monoisotopic (exact) mass is 289 g/mol. The van der Waals surface area contributed by atoms with Crippen LogP contribution in [0.3, 0.4) is 0 Å². The summed E-state index contributed by atoms with van der Waals surface area (Å²) in [6, 6.07) is 8.08. The van der Waals surface area contributed by atoms with Gasteiger partial charge in [-0.2, -0.15) is 0 Å². The summed E-state index contributed by atoms with van der Waals surface area (Å²) < 4.78 is 5.76. The fourth-order valence-electron chi connectivity index (χ4n) is 4.05. The van der Waals surface area contributed by atoms with E-state index in [9.17, 15) is 9.90 Å². The van der Waals surface area contributed by atoms with Crippen LogP contribution in [0, 0.1) is 24.7 Å². The highest BCUT2D eigenvalue weighted by Crippen LogP contribution is 2.48. The lowest BCUT2D eigenvalue weighted by Crippen LogP contribution is -2.45. The molecule has 2 N–H and O–H groups in total. The molecule has 4 heteroatoms. The largest absolute Gasteiger partial charge is 0.492 e. The van der Waals surface area contributed by atoms with Crippen molar-refractivity contribution in [3.63, 3.8) is 0 Å². The van der Waals surface area contributed by atoms with Crippen molar-refractivity contribution in [3.05, 3.63) is 29.8 Å². The van der Waals surface area contributed by atoms with E-state index < -0.39 is 5.97 Å². The summed E-state index contributed by atoms with van der Waals surface area (Å²) in [6.07, 6.45) is 3.33. The first-order valence-corrected chi connectivity index (χ1v) is 7.81. The van der Waals surface area contributed by atoms with Gasteiger partial charge in [-0.15, -0.1) is 0 Å². The van der Waals surface area contributed by atoms with Crippen molar-refractivity contribution in [3.8, 4) is 5.75 Å². The smallest absolute Gasteiger partial charge is 0.308 e. The molecule has 0 heterocycles. The van der Waals surface area contributed by atoms with Crippen LogP contribution in [0.15, 0.2) is 24.3 Å². The Bertz CT molecular complexity index is 517. The van der Waals surface area contributed by atoms with E-state index in [1.165, 1.54) is 6.42 Å². The van der Waals surface area contributed by atoms with Crippen LogP contribution in [0.5, 0.6) is 5.75 Å². The van der Waals surface area contributed by atoms with Gasteiger partial charge in [-0.1, -0.05) is 18.2 Å². The number of aryl methyl sites for hydroxylation is 1. The number of benzene rings is 1. The molecular formula is C17H23NO3. The molecule has 4 nitrogen and oxygen atoms in total. The van der Waals surface area contributed by atoms with Gasteiger partial charge in [0.2, 0.25) is 0 Å². The zero-order chi connectivity index (χ0) is 14.8. The molecule has 1 aromatic rings. The summed E-state index contributed by atoms with van der Waals surface area (Å²) in [7, 11) is 0. The van der Waals surface area contributed by atoms with E-state index in [2.05, 4.69) is 5.32 Å². The number of fused-ring (bicyclic) bond motifs is 2. The van der Waals surface area contributed by atoms with Crippen molar-refractivity contribution in [2.75, 3.05) is 13.2 Å². The molecule has 1 aromatic carbocycles. The van der Waals surface area contributed by atoms with Crippen molar-refractivity contribution in [2.24, 2.45) is 17.8 Å². The minimum Gasteiger partial charge on any atom is -0.492 e. The second-order valence-corrected chi connectivity index (χ2v) is 6.29. The molecule has 2 aliphatic carbocycles. The number of hydrogen-bond donors (Lipinski definition) is 2. The Hall–Kier alpha value is -1.55. The lowest BCUT2D eigenvalue weighted by Gasteiger charge is -2.29. The van der Waals surface area contributed by atoms with Gasteiger partial charge < -0.3 is 15.2 Å². The number of rotatable bonds is 6. The molecule has 21 heavy (non-hydrogen) atoms. The molecule has 4 unspecified atom stereocenters. The molecule has 0 saturated heterocycles. The van der Waals surface area contributed by atoms with Crippen LogP contribution in [0.1, 0.15) is 24.8 Å². The van der Waals surface area contributed by atoms with E-state index in [1.807, 2.05) is 31.2 Å². The highest BCUT2D eigenvalue weighted by atomic mass is 16.5. The highest BCUT2D eigenvalue weighted by Gasteiger charge is 2.50. The number of carbonyl (C=O) groups is 1. The zero-order valence-corrected chi connectivity index (χ0v) is 12.4. The Balaban J connectivity index is 1.49. The second kappa shape index (κ2) is 6.06. The van der Waals surface area contributed by atoms with Gasteiger partial charge in [0.1, 0.15) is 12.4 Å². The Labute approximate surface area is 125 Å². The second-order valence-electron chi connectivity index (χ2n) is 6.29. The molecule has 2 aliphatic rings. The molecule has 4 atom stereocenters. The number of hydrogen-bond acceptors (Lipinski definition) is 3. The van der Waals surface area contributed by atoms with Gasteiger partial charge in [-0.05, 0) is 49.7 Å². The van der Waals surface area contributed by atoms with Crippen LogP contribution in [0.2, 0.25) is 0 Å². The molecule has 2 saturated carbocycles. The van der Waals surface area contributed by atoms with Gasteiger partial charge in [-0.25, -0.2) is 0 Å². The van der Waals surface area contributed by atoms with Crippen LogP contribution < -0.4 is 10.1 Å². The van der Waals surface area contributed by atoms with Crippen molar-refractivity contribution in [2.45, 2.75) is 32.2 Å². The lowest BCUT2D eigenvalue weighted by molar-refractivity contribution is -0.144. The summed E-state index contributed by atoms with van der Waals surface area (Å²) >= 11 is 0. The number of para-hydroxylation sites is 1. The van der Waals surface area contributed by atoms with E-state index in [0.717, 1.165) is 24.2 Å². The van der Waals surface area contributed by atoms with E-state index >= 15 is 0 Å². The van der Waals surface area contributed by atoms with Gasteiger partial charge in [-0.3, -0.25) is 4.79 Å². The first-order chi connectivity index (χ1) is 10.2. The molecule has 2 fully saturated rings. The quantitative estimate of drug-likeness (QED) is 0.790. The molecule has 114 valence electrons. The third-order valence-electron chi connectivity index (χ3n) is 5.03. The number of aliphatic carboxylic acids is 1. The molecule has 0 aromatic heterocycles. The predicted molar refractivity (Wildman–Crippen MR) is 80.4 cm³/mol. The minimum atomic E-state index is -0.639. The average Bonchev–Trinajstić information content (AvgIpc) is 3.06. The fraction of sp³-hybridized carbons (Fsp3) is 0.588. The summed E-state index contributed by atoms with van der Waals surface area (Å²) in [6.45, 7) is 3.30. The minimum absolute atomic E-state index is 0.127. The van der Waals surface area contributed by atoms with Gasteiger partial charge >= 0.3 is 5.97 Å². The normalized spacial score (nSPS) is 30.5. The molecule has 0 amide bonds. The average molecular weight is 289 g/mol. The molecule has 3 rings (SSSR count). The van der Waals surface area contributed by atoms with Crippen LogP contribution in [0.25, 0.3) is 0 Å².